The fourth-order valence-electron chi connectivity index (χ4n) is 17.3. The van der Waals surface area contributed by atoms with Gasteiger partial charge < -0.3 is 0 Å². The Hall–Kier alpha value is -14.4. The molecule has 0 aromatic carbocycles. The quantitative estimate of drug-likeness (QED) is 0.0343. The van der Waals surface area contributed by atoms with Crippen LogP contribution in [0, 0.1) is 286 Å². The molecule has 0 aliphatic heterocycles. The van der Waals surface area contributed by atoms with Crippen molar-refractivity contribution < 1.29 is 118 Å². The number of hydrogen-bond acceptors (Lipinski definition) is 48. The van der Waals surface area contributed by atoms with E-state index in [9.17, 15) is 243 Å². The lowest BCUT2D eigenvalue weighted by Gasteiger charge is -3.08. The minimum Gasteiger partial charge on any atom is -0.253 e. The Morgan fingerprint density at radius 1 is 0.114 bits per heavy atom. The highest BCUT2D eigenvalue weighted by Gasteiger charge is 3.78. The molecule has 6 rings (SSSR count). The molecule has 6 fully saturated rings. The first kappa shape index (κ1) is 64.4. The van der Waals surface area contributed by atoms with Gasteiger partial charge in [-0.15, -0.1) is 0 Å². The highest BCUT2D eigenvalue weighted by Crippen LogP contribution is 3.40. The average Bonchev–Trinajstić information content (AvgIpc) is 3.29. The van der Waals surface area contributed by atoms with Gasteiger partial charge in [-0.2, -0.15) is 0 Å². The van der Waals surface area contributed by atoms with E-state index in [1.165, 1.54) is 0 Å². The summed E-state index contributed by atoms with van der Waals surface area (Å²) in [6, 6.07) is 0. The van der Waals surface area contributed by atoms with Crippen LogP contribution in [0.5, 0.6) is 0 Å². The number of nitro groups is 24. The molecular formula is C16N24O48. The number of nitrogens with zero attached hydrogens (tertiary/aromatic N) is 24. The topological polar surface area (TPSA) is 1040 Å². The van der Waals surface area contributed by atoms with Crippen molar-refractivity contribution >= 4 is 0 Å². The molecule has 0 aromatic heterocycles. The third-order valence-corrected chi connectivity index (χ3v) is 16.9. The summed E-state index contributed by atoms with van der Waals surface area (Å²) < 4.78 is 0. The zero-order chi connectivity index (χ0) is 69.9. The highest BCUT2D eigenvalue weighted by molar-refractivity contribution is 5.85. The Morgan fingerprint density at radius 2 is 0.148 bits per heavy atom. The molecule has 72 heteroatoms. The second-order valence-corrected chi connectivity index (χ2v) is 17.3. The van der Waals surface area contributed by atoms with Crippen LogP contribution in [0.3, 0.4) is 0 Å². The lowest BCUT2D eigenvalue weighted by atomic mass is 8.65. The minimum atomic E-state index is -9.63. The maximum atomic E-state index is 13.9. The van der Waals surface area contributed by atoms with E-state index in [2.05, 4.69) is 0 Å². The molecule has 0 radical (unpaired) electrons. The van der Waals surface area contributed by atoms with Crippen molar-refractivity contribution in [3.63, 3.8) is 0 Å². The van der Waals surface area contributed by atoms with E-state index in [0.717, 1.165) is 0 Å². The van der Waals surface area contributed by atoms with Gasteiger partial charge in [-0.05, 0) is 0 Å². The van der Waals surface area contributed by atoms with Crippen LogP contribution in [-0.2, 0) is 0 Å². The van der Waals surface area contributed by atoms with Crippen LogP contribution in [0.1, 0.15) is 0 Å². The van der Waals surface area contributed by atoms with Gasteiger partial charge in [0.2, 0.25) is 0 Å². The van der Waals surface area contributed by atoms with Crippen molar-refractivity contribution in [1.29, 1.82) is 0 Å². The van der Waals surface area contributed by atoms with Crippen LogP contribution in [0.2, 0.25) is 0 Å². The first-order chi connectivity index (χ1) is 39.6. The second kappa shape index (κ2) is 15.8. The summed E-state index contributed by atoms with van der Waals surface area (Å²) in [4.78, 5) is 221. The molecule has 6 saturated carbocycles. The van der Waals surface area contributed by atoms with Crippen LogP contribution < -0.4 is 0 Å². The van der Waals surface area contributed by atoms with Gasteiger partial charge in [-0.1, -0.05) is 0 Å². The predicted molar refractivity (Wildman–Crippen MR) is 209 cm³/mol. The van der Waals surface area contributed by atoms with Gasteiger partial charge in [0.15, 0.2) is 118 Å². The van der Waals surface area contributed by atoms with Gasteiger partial charge in [0.25, 0.3) is 43.3 Å². The third kappa shape index (κ3) is 3.72. The van der Waals surface area contributed by atoms with Crippen molar-refractivity contribution in [1.82, 2.24) is 0 Å². The van der Waals surface area contributed by atoms with Gasteiger partial charge in [0.05, 0.1) is 0 Å². The maximum absolute atomic E-state index is 13.9. The van der Waals surface area contributed by atoms with Crippen LogP contribution in [-0.4, -0.2) is 164 Å². The molecule has 0 saturated heterocycles. The Bertz CT molecular complexity index is 2730. The maximum Gasteiger partial charge on any atom is 0.710 e. The largest absolute Gasteiger partial charge is 0.710 e. The van der Waals surface area contributed by atoms with Crippen LogP contribution >= 0.6 is 0 Å². The van der Waals surface area contributed by atoms with Gasteiger partial charge >= 0.3 is 46.3 Å². The molecule has 6 aliphatic rings. The standard InChI is InChI=1S/C16N24O48/c41-17(42)9(18(43)44,19(45)46)1-2(10(20(47)48,21(49)50)22(51)52)5(13(29(65)66,30(67)68)31(69)70)3(1,11(23(53)54,24(55)56)25(57)58)7(15(35(77)78,36(79)80)37(81)82)4(1,12(26(59)60,27(61)62)28(63)64)6(2,14(32(71)72,33(73)74)34(75)76)8(5,7)16(38(83)84,39(85)86)40(87)88. The molecule has 0 aromatic rings. The van der Waals surface area contributed by atoms with Crippen molar-refractivity contribution in [3.8, 4) is 0 Å². The SMILES string of the molecule is O=[N+]([O-])C([N+](=O)[O-])([N+](=O)[O-])C12C3(C([N+](=O)[O-])([N+](=O)[O-])[N+](=O)[O-])C4(C([N+](=O)[O-])([N+](=O)[O-])[N+](=O)[O-])C1(C([N+](=O)[O-])([N+](=O)[O-])[N+](=O)[O-])C1(C([N+](=O)[O-])([N+](=O)[O-])[N+](=O)[O-])C2(C([N+](=O)[O-])([N+](=O)[O-])[N+](=O)[O-])C3(C([N+](=O)[O-])([N+](=O)[O-])[N+](=O)[O-])C41C([N+](=O)[O-])([N+](=O)[O-])[N+](=O)[O-]. The van der Waals surface area contributed by atoms with E-state index in [1.54, 1.807) is 0 Å². The first-order valence-corrected chi connectivity index (χ1v) is 19.1. The summed E-state index contributed by atoms with van der Waals surface area (Å²) in [7, 11) is 0. The van der Waals surface area contributed by atoms with Crippen molar-refractivity contribution in [2.75, 3.05) is 0 Å². The summed E-state index contributed by atoms with van der Waals surface area (Å²) in [5, 5.41) is 333. The molecule has 0 spiro atoms. The Kier molecular flexibility index (Phi) is 11.5. The lowest BCUT2D eigenvalue weighted by Crippen LogP contribution is -3.46. The summed E-state index contributed by atoms with van der Waals surface area (Å²) >= 11 is 0. The Balaban J connectivity index is 3.25. The monoisotopic (exact) mass is 1300 g/mol. The fourth-order valence-corrected chi connectivity index (χ4v) is 17.3. The number of rotatable bonds is 32. The molecule has 6 aliphatic carbocycles. The lowest BCUT2D eigenvalue weighted by molar-refractivity contribution is -1.25. The molecule has 0 atom stereocenters. The van der Waals surface area contributed by atoms with Crippen molar-refractivity contribution in [3.05, 3.63) is 243 Å². The van der Waals surface area contributed by atoms with E-state index in [1.807, 2.05) is 0 Å². The van der Waals surface area contributed by atoms with E-state index in [0.29, 0.717) is 0 Å². The van der Waals surface area contributed by atoms with Gasteiger partial charge in [-0.25, -0.2) is 0 Å². The number of hydrogen-bond donors (Lipinski definition) is 0. The van der Waals surface area contributed by atoms with E-state index >= 15 is 0 Å². The van der Waals surface area contributed by atoms with E-state index in [4.69, 9.17) is 0 Å². The second-order valence-electron chi connectivity index (χ2n) is 17.3. The molecule has 0 amide bonds. The predicted octanol–water partition coefficient (Wildman–Crippen LogP) is -8.18. The molecular weight excluding hydrogens is 1300 g/mol. The zero-order valence-electron chi connectivity index (χ0n) is 38.3. The molecule has 0 heterocycles. The van der Waals surface area contributed by atoms with Crippen LogP contribution in [0.25, 0.3) is 0 Å². The van der Waals surface area contributed by atoms with E-state index in [-0.39, 0.29) is 0 Å². The Labute approximate surface area is 451 Å². The minimum absolute atomic E-state index is 4.67. The van der Waals surface area contributed by atoms with Crippen LogP contribution in [0.4, 0.5) is 0 Å². The fraction of sp³-hybridized carbons (Fsp3) is 1.00. The van der Waals surface area contributed by atoms with Gasteiger partial charge in [0.1, 0.15) is 0 Å². The van der Waals surface area contributed by atoms with Gasteiger partial charge in [0, 0.05) is 0 Å². The molecule has 0 unspecified atom stereocenters. The summed E-state index contributed by atoms with van der Waals surface area (Å²) in [6.45, 7) is 0. The summed E-state index contributed by atoms with van der Waals surface area (Å²) in [5.41, 5.74) is -77.0. The molecule has 0 N–H and O–H groups in total. The summed E-state index contributed by atoms with van der Waals surface area (Å²) in [5.74, 6) is -73.4. The highest BCUT2D eigenvalue weighted by atomic mass is 16.8. The first-order valence-electron chi connectivity index (χ1n) is 19.1. The van der Waals surface area contributed by atoms with Crippen LogP contribution in [0.15, 0.2) is 0 Å². The van der Waals surface area contributed by atoms with E-state index < -0.39 is 208 Å². The Morgan fingerprint density at radius 3 is 0.170 bits per heavy atom. The smallest absolute Gasteiger partial charge is 0.253 e. The summed E-state index contributed by atoms with van der Waals surface area (Å²) in [6.07, 6.45) is 0. The molecule has 0 bridgehead atoms. The zero-order valence-corrected chi connectivity index (χ0v) is 38.3. The average molecular weight is 1300 g/mol. The molecule has 472 valence electrons. The molecule has 72 nitrogen and oxygen atoms in total. The molecule has 88 heavy (non-hydrogen) atoms. The normalized spacial score (nSPS) is 27.8. The van der Waals surface area contributed by atoms with Gasteiger partial charge in [-0.3, -0.25) is 243 Å². The third-order valence-electron chi connectivity index (χ3n) is 16.9. The van der Waals surface area contributed by atoms with Crippen molar-refractivity contribution in [2.45, 2.75) is 46.3 Å². The van der Waals surface area contributed by atoms with Crippen molar-refractivity contribution in [2.24, 2.45) is 43.3 Å².